The molecule has 0 spiro atoms. The normalized spacial score (nSPS) is 15.1. The average Bonchev–Trinajstić information content (AvgIpc) is 3.45. The van der Waals surface area contributed by atoms with E-state index in [0.29, 0.717) is 25.4 Å². The molecule has 0 atom stereocenters. The number of aryl methyl sites for hydroxylation is 1. The number of halogens is 1. The molecule has 0 saturated carbocycles. The summed E-state index contributed by atoms with van der Waals surface area (Å²) in [6.45, 7) is 3.64. The average molecular weight is 493 g/mol. The predicted molar refractivity (Wildman–Crippen MR) is 125 cm³/mol. The van der Waals surface area contributed by atoms with Crippen LogP contribution in [0.1, 0.15) is 45.1 Å². The van der Waals surface area contributed by atoms with Gasteiger partial charge in [0.05, 0.1) is 24.4 Å². The number of hydrogen-bond donors (Lipinski definition) is 0. The van der Waals surface area contributed by atoms with E-state index >= 15 is 0 Å². The zero-order valence-corrected chi connectivity index (χ0v) is 20.2. The molecule has 0 radical (unpaired) electrons. The number of amides is 1. The lowest BCUT2D eigenvalue weighted by atomic mass is 10.2. The highest BCUT2D eigenvalue weighted by Gasteiger charge is 2.29. The second-order valence-electron chi connectivity index (χ2n) is 7.86. The van der Waals surface area contributed by atoms with Gasteiger partial charge in [-0.25, -0.2) is 8.42 Å². The summed E-state index contributed by atoms with van der Waals surface area (Å²) in [5.41, 5.74) is 0.282. The zero-order chi connectivity index (χ0) is 22.7. The minimum Gasteiger partial charge on any atom is -0.467 e. The van der Waals surface area contributed by atoms with Crippen molar-refractivity contribution >= 4 is 38.9 Å². The molecule has 2 aromatic heterocycles. The Labute approximate surface area is 197 Å². The van der Waals surface area contributed by atoms with Crippen LogP contribution in [0.4, 0.5) is 0 Å². The highest BCUT2D eigenvalue weighted by Crippen LogP contribution is 2.29. The van der Waals surface area contributed by atoms with Gasteiger partial charge in [-0.3, -0.25) is 4.79 Å². The van der Waals surface area contributed by atoms with Gasteiger partial charge < -0.3 is 9.32 Å². The van der Waals surface area contributed by atoms with Crippen molar-refractivity contribution in [1.29, 1.82) is 0 Å². The van der Waals surface area contributed by atoms with Gasteiger partial charge in [-0.05, 0) is 62.2 Å². The third-order valence-corrected chi connectivity index (χ3v) is 8.83. The molecule has 3 heterocycles. The zero-order valence-electron chi connectivity index (χ0n) is 17.8. The van der Waals surface area contributed by atoms with Gasteiger partial charge >= 0.3 is 0 Å². The van der Waals surface area contributed by atoms with Gasteiger partial charge in [0.2, 0.25) is 10.0 Å². The molecule has 0 bridgehead atoms. The number of piperidine rings is 1. The van der Waals surface area contributed by atoms with E-state index in [0.717, 1.165) is 29.0 Å². The molecule has 1 fully saturated rings. The molecular formula is C23H25ClN2O4S2. The fraction of sp³-hybridized carbons (Fsp3) is 0.348. The smallest absolute Gasteiger partial charge is 0.254 e. The van der Waals surface area contributed by atoms with Crippen molar-refractivity contribution in [2.75, 3.05) is 13.1 Å². The molecule has 6 nitrogen and oxygen atoms in total. The number of thiophene rings is 1. The van der Waals surface area contributed by atoms with Gasteiger partial charge in [0.25, 0.3) is 5.91 Å². The van der Waals surface area contributed by atoms with E-state index in [1.807, 2.05) is 25.1 Å². The summed E-state index contributed by atoms with van der Waals surface area (Å²) in [7, 11) is -3.77. The highest BCUT2D eigenvalue weighted by atomic mass is 35.5. The number of sulfonamides is 1. The van der Waals surface area contributed by atoms with E-state index in [1.165, 1.54) is 16.4 Å². The number of carbonyl (C=O) groups excluding carboxylic acids is 1. The summed E-state index contributed by atoms with van der Waals surface area (Å²) in [5.74, 6) is 0.376. The molecule has 4 rings (SSSR count). The Hall–Kier alpha value is -2.13. The Kier molecular flexibility index (Phi) is 7.05. The second-order valence-corrected chi connectivity index (χ2v) is 11.5. The fourth-order valence-electron chi connectivity index (χ4n) is 3.81. The molecule has 1 amide bonds. The lowest BCUT2D eigenvalue weighted by Gasteiger charge is -2.27. The van der Waals surface area contributed by atoms with Crippen LogP contribution in [0.15, 0.2) is 58.0 Å². The van der Waals surface area contributed by atoms with Gasteiger partial charge in [-0.15, -0.1) is 11.3 Å². The topological polar surface area (TPSA) is 70.8 Å². The minimum absolute atomic E-state index is 0.0168. The number of hydrogen-bond acceptors (Lipinski definition) is 5. The monoisotopic (exact) mass is 492 g/mol. The van der Waals surface area contributed by atoms with E-state index in [2.05, 4.69) is 0 Å². The SMILES string of the molecule is Cc1ccc(CN(Cc2ccco2)C(=O)c2ccc(Cl)c(S(=O)(=O)N3CCCCC3)c2)s1. The van der Waals surface area contributed by atoms with E-state index in [1.54, 1.807) is 34.6 Å². The third-order valence-electron chi connectivity index (χ3n) is 5.47. The molecular weight excluding hydrogens is 468 g/mol. The summed E-state index contributed by atoms with van der Waals surface area (Å²) >= 11 is 7.91. The predicted octanol–water partition coefficient (Wildman–Crippen LogP) is 5.32. The standard InChI is InChI=1S/C23H25ClN2O4S2/c1-17-7-9-20(31-17)16-25(15-19-6-5-13-30-19)23(27)18-8-10-21(24)22(14-18)32(28,29)26-11-3-2-4-12-26/h5-10,13-14H,2-4,11-12,15-16H2,1H3. The van der Waals surface area contributed by atoms with E-state index < -0.39 is 10.0 Å². The van der Waals surface area contributed by atoms with Crippen LogP contribution in [-0.2, 0) is 23.1 Å². The number of furan rings is 1. The van der Waals surface area contributed by atoms with Crippen molar-refractivity contribution in [1.82, 2.24) is 9.21 Å². The number of nitrogens with zero attached hydrogens (tertiary/aromatic N) is 2. The van der Waals surface area contributed by atoms with Crippen LogP contribution in [0.2, 0.25) is 5.02 Å². The molecule has 9 heteroatoms. The maximum Gasteiger partial charge on any atom is 0.254 e. The molecule has 0 unspecified atom stereocenters. The van der Waals surface area contributed by atoms with Crippen molar-refractivity contribution in [3.63, 3.8) is 0 Å². The summed E-state index contributed by atoms with van der Waals surface area (Å²) in [4.78, 5) is 17.3. The van der Waals surface area contributed by atoms with Crippen LogP contribution in [0.5, 0.6) is 0 Å². The first-order chi connectivity index (χ1) is 15.3. The molecule has 0 aliphatic carbocycles. The van der Waals surface area contributed by atoms with Gasteiger partial charge in [0, 0.05) is 28.4 Å². The number of rotatable bonds is 7. The van der Waals surface area contributed by atoms with E-state index in [9.17, 15) is 13.2 Å². The largest absolute Gasteiger partial charge is 0.467 e. The quantitative estimate of drug-likeness (QED) is 0.447. The molecule has 1 aliphatic rings. The van der Waals surface area contributed by atoms with E-state index in [4.69, 9.17) is 16.0 Å². The van der Waals surface area contributed by atoms with Gasteiger partial charge in [-0.2, -0.15) is 4.31 Å². The Bertz CT molecular complexity index is 1180. The molecule has 1 aromatic carbocycles. The Morgan fingerprint density at radius 2 is 1.91 bits per heavy atom. The van der Waals surface area contributed by atoms with Crippen molar-refractivity contribution in [2.45, 2.75) is 44.2 Å². The first-order valence-electron chi connectivity index (χ1n) is 10.5. The van der Waals surface area contributed by atoms with Gasteiger partial charge in [0.15, 0.2) is 0 Å². The molecule has 1 aliphatic heterocycles. The van der Waals surface area contributed by atoms with Crippen molar-refractivity contribution in [3.8, 4) is 0 Å². The van der Waals surface area contributed by atoms with Crippen molar-refractivity contribution < 1.29 is 17.6 Å². The van der Waals surface area contributed by atoms with Gasteiger partial charge in [0.1, 0.15) is 10.7 Å². The molecule has 1 saturated heterocycles. The summed E-state index contributed by atoms with van der Waals surface area (Å²) in [5, 5.41) is 0.124. The fourth-order valence-corrected chi connectivity index (χ4v) is 6.73. The van der Waals surface area contributed by atoms with Crippen LogP contribution >= 0.6 is 22.9 Å². The second kappa shape index (κ2) is 9.79. The van der Waals surface area contributed by atoms with Gasteiger partial charge in [-0.1, -0.05) is 18.0 Å². The minimum atomic E-state index is -3.77. The summed E-state index contributed by atoms with van der Waals surface area (Å²) in [6.07, 6.45) is 4.24. The first-order valence-corrected chi connectivity index (χ1v) is 13.1. The van der Waals surface area contributed by atoms with Crippen LogP contribution in [-0.4, -0.2) is 36.6 Å². The van der Waals surface area contributed by atoms with Crippen molar-refractivity contribution in [3.05, 3.63) is 74.8 Å². The van der Waals surface area contributed by atoms with E-state index in [-0.39, 0.29) is 27.9 Å². The molecule has 0 N–H and O–H groups in total. The summed E-state index contributed by atoms with van der Waals surface area (Å²) < 4.78 is 33.3. The van der Waals surface area contributed by atoms with Crippen molar-refractivity contribution in [2.24, 2.45) is 0 Å². The number of carbonyl (C=O) groups is 1. The summed E-state index contributed by atoms with van der Waals surface area (Å²) in [6, 6.07) is 12.1. The maximum absolute atomic E-state index is 13.5. The maximum atomic E-state index is 13.5. The lowest BCUT2D eigenvalue weighted by Crippen LogP contribution is -2.36. The highest BCUT2D eigenvalue weighted by molar-refractivity contribution is 7.89. The number of benzene rings is 1. The van der Waals surface area contributed by atoms with Crippen LogP contribution in [0.3, 0.4) is 0 Å². The molecule has 32 heavy (non-hydrogen) atoms. The van der Waals surface area contributed by atoms with Crippen LogP contribution in [0, 0.1) is 6.92 Å². The Morgan fingerprint density at radius 1 is 1.12 bits per heavy atom. The Morgan fingerprint density at radius 3 is 2.56 bits per heavy atom. The molecule has 3 aromatic rings. The van der Waals surface area contributed by atoms with Crippen LogP contribution in [0.25, 0.3) is 0 Å². The lowest BCUT2D eigenvalue weighted by molar-refractivity contribution is 0.0719. The first kappa shape index (κ1) is 23.0. The Balaban J connectivity index is 1.65. The third kappa shape index (κ3) is 5.09. The van der Waals surface area contributed by atoms with Crippen LogP contribution < -0.4 is 0 Å². The molecule has 170 valence electrons.